The molecule has 0 radical (unpaired) electrons. The van der Waals surface area contributed by atoms with Crippen molar-refractivity contribution in [3.63, 3.8) is 0 Å². The molecule has 0 aromatic rings. The average molecular weight is 345 g/mol. The summed E-state index contributed by atoms with van der Waals surface area (Å²) in [7, 11) is -3.05. The molecule has 1 aliphatic rings. The van der Waals surface area contributed by atoms with Crippen LogP contribution in [0.15, 0.2) is 0 Å². The second-order valence-electron chi connectivity index (χ2n) is 7.38. The van der Waals surface area contributed by atoms with Crippen molar-refractivity contribution >= 4 is 16.6 Å². The van der Waals surface area contributed by atoms with Crippen LogP contribution in [0.1, 0.15) is 61.3 Å². The Hall–Kier alpha value is 0.354. The zero-order chi connectivity index (χ0) is 16.8. The van der Waals surface area contributed by atoms with Crippen LogP contribution in [0, 0.1) is 5.92 Å². The van der Waals surface area contributed by atoms with Gasteiger partial charge >= 0.3 is 0 Å². The molecular weight excluding hydrogens is 304 g/mol. The predicted octanol–water partition coefficient (Wildman–Crippen LogP) is 6.20. The molecule has 22 heavy (non-hydrogen) atoms. The van der Waals surface area contributed by atoms with Crippen molar-refractivity contribution in [3.8, 4) is 0 Å². The van der Waals surface area contributed by atoms with E-state index >= 15 is 0 Å². The third kappa shape index (κ3) is 4.68. The Kier molecular flexibility index (Phi) is 8.34. The lowest BCUT2D eigenvalue weighted by atomic mass is 10.1. The molecule has 2 atom stereocenters. The van der Waals surface area contributed by atoms with E-state index in [9.17, 15) is 0 Å². The molecule has 1 aliphatic carbocycles. The van der Waals surface area contributed by atoms with Crippen LogP contribution in [0.5, 0.6) is 0 Å². The monoisotopic (exact) mass is 344 g/mol. The van der Waals surface area contributed by atoms with Crippen molar-refractivity contribution in [1.29, 1.82) is 0 Å². The highest BCUT2D eigenvalue weighted by Crippen LogP contribution is 2.38. The molecule has 4 heteroatoms. The highest BCUT2D eigenvalue weighted by Gasteiger charge is 2.43. The van der Waals surface area contributed by atoms with Crippen LogP contribution >= 0.6 is 0 Å². The van der Waals surface area contributed by atoms with Crippen molar-refractivity contribution in [2.24, 2.45) is 5.92 Å². The molecule has 1 fully saturated rings. The smallest absolute Gasteiger partial charge is 0.192 e. The second-order valence-corrected chi connectivity index (χ2v) is 16.8. The van der Waals surface area contributed by atoms with Gasteiger partial charge in [-0.3, -0.25) is 0 Å². The summed E-state index contributed by atoms with van der Waals surface area (Å²) in [6.45, 7) is 16.4. The fourth-order valence-corrected chi connectivity index (χ4v) is 9.86. The maximum Gasteiger partial charge on any atom is 0.192 e. The van der Waals surface area contributed by atoms with Crippen LogP contribution in [0.3, 0.4) is 0 Å². The molecule has 0 heterocycles. The molecule has 0 aliphatic heterocycles. The summed E-state index contributed by atoms with van der Waals surface area (Å²) in [6.07, 6.45) is 3.17. The van der Waals surface area contributed by atoms with Gasteiger partial charge in [-0.2, -0.15) is 0 Å². The SMILES string of the molecule is CC[Si](CC)(CC)OC1CC(C)CC1O[Si](CC)(CC)CC. The van der Waals surface area contributed by atoms with Gasteiger partial charge in [-0.05, 0) is 55.0 Å². The van der Waals surface area contributed by atoms with Crippen molar-refractivity contribution in [2.75, 3.05) is 0 Å². The highest BCUT2D eigenvalue weighted by molar-refractivity contribution is 6.74. The summed E-state index contributed by atoms with van der Waals surface area (Å²) in [5.74, 6) is 0.754. The standard InChI is InChI=1S/C18H40O2Si2/c1-8-21(9-2,10-3)19-17-14-16(7)15-18(17)20-22(11-4,12-5)13-6/h16-18H,8-15H2,1-7H3. The summed E-state index contributed by atoms with van der Waals surface area (Å²) in [5, 5.41) is 0. The molecule has 0 spiro atoms. The summed E-state index contributed by atoms with van der Waals surface area (Å²) in [6, 6.07) is 7.47. The molecule has 2 nitrogen and oxygen atoms in total. The molecule has 0 amide bonds. The summed E-state index contributed by atoms with van der Waals surface area (Å²) < 4.78 is 13.7. The van der Waals surface area contributed by atoms with Gasteiger partial charge in [0, 0.05) is 0 Å². The predicted molar refractivity (Wildman–Crippen MR) is 103 cm³/mol. The van der Waals surface area contributed by atoms with Gasteiger partial charge in [0.05, 0.1) is 12.2 Å². The maximum atomic E-state index is 6.85. The van der Waals surface area contributed by atoms with Gasteiger partial charge < -0.3 is 8.85 Å². The fraction of sp³-hybridized carbons (Fsp3) is 1.00. The largest absolute Gasteiger partial charge is 0.411 e. The molecule has 0 aromatic heterocycles. The van der Waals surface area contributed by atoms with E-state index in [1.807, 2.05) is 0 Å². The van der Waals surface area contributed by atoms with Gasteiger partial charge in [-0.1, -0.05) is 48.5 Å². The van der Waals surface area contributed by atoms with E-state index in [0.717, 1.165) is 5.92 Å². The first kappa shape index (κ1) is 20.4. The van der Waals surface area contributed by atoms with Gasteiger partial charge in [-0.25, -0.2) is 0 Å². The third-order valence-electron chi connectivity index (χ3n) is 6.35. The molecule has 0 N–H and O–H groups in total. The van der Waals surface area contributed by atoms with Gasteiger partial charge in [0.25, 0.3) is 0 Å². The Morgan fingerprint density at radius 2 is 0.909 bits per heavy atom. The van der Waals surface area contributed by atoms with Crippen LogP contribution in [0.25, 0.3) is 0 Å². The average Bonchev–Trinajstić information content (AvgIpc) is 2.89. The van der Waals surface area contributed by atoms with Gasteiger partial charge in [-0.15, -0.1) is 0 Å². The molecule has 1 rings (SSSR count). The van der Waals surface area contributed by atoms with Crippen LogP contribution in [-0.2, 0) is 8.85 Å². The van der Waals surface area contributed by atoms with E-state index < -0.39 is 16.6 Å². The minimum absolute atomic E-state index is 0.373. The lowest BCUT2D eigenvalue weighted by Crippen LogP contribution is -2.47. The topological polar surface area (TPSA) is 18.5 Å². The normalized spacial score (nSPS) is 26.6. The number of hydrogen-bond donors (Lipinski definition) is 0. The van der Waals surface area contributed by atoms with Gasteiger partial charge in [0.15, 0.2) is 16.6 Å². The Balaban J connectivity index is 2.84. The molecular formula is C18H40O2Si2. The third-order valence-corrected chi connectivity index (χ3v) is 15.7. The van der Waals surface area contributed by atoms with E-state index in [4.69, 9.17) is 8.85 Å². The summed E-state index contributed by atoms with van der Waals surface area (Å²) in [5.41, 5.74) is 0. The zero-order valence-electron chi connectivity index (χ0n) is 16.2. The van der Waals surface area contributed by atoms with E-state index in [0.29, 0.717) is 12.2 Å². The van der Waals surface area contributed by atoms with Gasteiger partial charge in [0.2, 0.25) is 0 Å². The quantitative estimate of drug-likeness (QED) is 0.439. The molecule has 0 saturated heterocycles. The molecule has 2 unspecified atom stereocenters. The Morgan fingerprint density at radius 3 is 1.14 bits per heavy atom. The Bertz CT molecular complexity index is 268. The zero-order valence-corrected chi connectivity index (χ0v) is 18.2. The second kappa shape index (κ2) is 9.00. The van der Waals surface area contributed by atoms with Crippen molar-refractivity contribution < 1.29 is 8.85 Å². The molecule has 132 valence electrons. The molecule has 0 aromatic carbocycles. The van der Waals surface area contributed by atoms with Crippen molar-refractivity contribution in [1.82, 2.24) is 0 Å². The first-order valence-corrected chi connectivity index (χ1v) is 14.8. The van der Waals surface area contributed by atoms with E-state index in [-0.39, 0.29) is 0 Å². The minimum atomic E-state index is -1.52. The van der Waals surface area contributed by atoms with E-state index in [1.54, 1.807) is 0 Å². The molecule has 0 bridgehead atoms. The van der Waals surface area contributed by atoms with E-state index in [1.165, 1.54) is 49.1 Å². The number of rotatable bonds is 10. The van der Waals surface area contributed by atoms with Crippen LogP contribution in [-0.4, -0.2) is 28.8 Å². The summed E-state index contributed by atoms with van der Waals surface area (Å²) >= 11 is 0. The highest BCUT2D eigenvalue weighted by atomic mass is 28.4. The maximum absolute atomic E-state index is 6.85. The summed E-state index contributed by atoms with van der Waals surface area (Å²) in [4.78, 5) is 0. The van der Waals surface area contributed by atoms with Crippen LogP contribution in [0.4, 0.5) is 0 Å². The lowest BCUT2D eigenvalue weighted by Gasteiger charge is -2.38. The van der Waals surface area contributed by atoms with Crippen molar-refractivity contribution in [2.45, 2.75) is 110 Å². The Morgan fingerprint density at radius 1 is 0.636 bits per heavy atom. The Labute approximate surface area is 141 Å². The first-order chi connectivity index (χ1) is 10.4. The minimum Gasteiger partial charge on any atom is -0.411 e. The molecule has 1 saturated carbocycles. The van der Waals surface area contributed by atoms with Gasteiger partial charge in [0.1, 0.15) is 0 Å². The van der Waals surface area contributed by atoms with Crippen molar-refractivity contribution in [3.05, 3.63) is 0 Å². The van der Waals surface area contributed by atoms with E-state index in [2.05, 4.69) is 48.5 Å². The lowest BCUT2D eigenvalue weighted by molar-refractivity contribution is 0.0621. The first-order valence-electron chi connectivity index (χ1n) is 9.79. The van der Waals surface area contributed by atoms with Crippen LogP contribution < -0.4 is 0 Å². The fourth-order valence-electron chi connectivity index (χ4n) is 4.08. The van der Waals surface area contributed by atoms with Crippen LogP contribution in [0.2, 0.25) is 36.3 Å². The number of hydrogen-bond acceptors (Lipinski definition) is 2.